The molecule has 0 aliphatic carbocycles. The van der Waals surface area contributed by atoms with Crippen LogP contribution in [0, 0.1) is 5.92 Å². The molecule has 2 aromatic heterocycles. The van der Waals surface area contributed by atoms with Crippen LogP contribution in [0.2, 0.25) is 0 Å². The zero-order chi connectivity index (χ0) is 16.5. The molecule has 0 unspecified atom stereocenters. The lowest BCUT2D eigenvalue weighted by Gasteiger charge is -2.44. The van der Waals surface area contributed by atoms with Crippen molar-refractivity contribution in [3.05, 3.63) is 18.0 Å². The fourth-order valence-corrected chi connectivity index (χ4v) is 3.71. The minimum Gasteiger partial charge on any atom is -0.480 e. The number of methoxy groups -OCH3 is 1. The van der Waals surface area contributed by atoms with Gasteiger partial charge in [-0.15, -0.1) is 15.3 Å². The highest BCUT2D eigenvalue weighted by molar-refractivity contribution is 5.76. The van der Waals surface area contributed by atoms with Gasteiger partial charge in [-0.25, -0.2) is 0 Å². The number of amides is 1. The van der Waals surface area contributed by atoms with E-state index in [1.807, 2.05) is 0 Å². The van der Waals surface area contributed by atoms with Crippen molar-refractivity contribution in [1.82, 2.24) is 30.0 Å². The molecule has 8 heteroatoms. The topological polar surface area (TPSA) is 84.6 Å². The van der Waals surface area contributed by atoms with Crippen LogP contribution in [0.25, 0.3) is 5.65 Å². The van der Waals surface area contributed by atoms with Gasteiger partial charge in [0.05, 0.1) is 7.11 Å². The number of fused-ring (bicyclic) bond motifs is 4. The van der Waals surface area contributed by atoms with Crippen LogP contribution in [0.5, 0.6) is 5.88 Å². The maximum atomic E-state index is 12.3. The summed E-state index contributed by atoms with van der Waals surface area (Å²) in [6.45, 7) is 3.34. The van der Waals surface area contributed by atoms with Gasteiger partial charge in [0.15, 0.2) is 11.5 Å². The Bertz CT molecular complexity index is 737. The van der Waals surface area contributed by atoms with Gasteiger partial charge < -0.3 is 15.0 Å². The number of aromatic nitrogens is 4. The highest BCUT2D eigenvalue weighted by atomic mass is 16.5. The summed E-state index contributed by atoms with van der Waals surface area (Å²) in [4.78, 5) is 14.7. The first kappa shape index (κ1) is 15.3. The van der Waals surface area contributed by atoms with Crippen LogP contribution in [0.3, 0.4) is 0 Å². The predicted octanol–water partition coefficient (Wildman–Crippen LogP) is 0.276. The normalized spacial score (nSPS) is 25.8. The molecular formula is C16H22N6O2. The Morgan fingerprint density at radius 1 is 1.33 bits per heavy atom. The lowest BCUT2D eigenvalue weighted by Crippen LogP contribution is -2.57. The van der Waals surface area contributed by atoms with Crippen molar-refractivity contribution in [2.75, 3.05) is 26.7 Å². The summed E-state index contributed by atoms with van der Waals surface area (Å²) in [6.07, 6.45) is 3.30. The molecule has 128 valence electrons. The van der Waals surface area contributed by atoms with Crippen LogP contribution < -0.4 is 10.1 Å². The average Bonchev–Trinajstić information content (AvgIpc) is 3.03. The molecule has 2 bridgehead atoms. The van der Waals surface area contributed by atoms with Crippen LogP contribution in [-0.4, -0.2) is 63.4 Å². The predicted molar refractivity (Wildman–Crippen MR) is 86.7 cm³/mol. The zero-order valence-corrected chi connectivity index (χ0v) is 13.8. The van der Waals surface area contributed by atoms with E-state index in [1.54, 1.807) is 23.8 Å². The maximum Gasteiger partial charge on any atom is 0.231 e. The van der Waals surface area contributed by atoms with Gasteiger partial charge >= 0.3 is 0 Å². The van der Waals surface area contributed by atoms with Crippen LogP contribution in [0.4, 0.5) is 0 Å². The molecule has 1 N–H and O–H groups in total. The summed E-state index contributed by atoms with van der Waals surface area (Å²) in [5, 5.41) is 15.7. The molecule has 3 aliphatic rings. The summed E-state index contributed by atoms with van der Waals surface area (Å²) in [5.74, 6) is 1.89. The largest absolute Gasteiger partial charge is 0.480 e. The van der Waals surface area contributed by atoms with Crippen molar-refractivity contribution in [2.24, 2.45) is 5.92 Å². The first-order valence-corrected chi connectivity index (χ1v) is 8.50. The van der Waals surface area contributed by atoms with E-state index in [0.29, 0.717) is 42.2 Å². The molecule has 0 aromatic carbocycles. The Hall–Kier alpha value is -2.22. The first-order valence-electron chi connectivity index (χ1n) is 8.50. The van der Waals surface area contributed by atoms with E-state index in [-0.39, 0.29) is 5.91 Å². The van der Waals surface area contributed by atoms with E-state index < -0.39 is 0 Å². The van der Waals surface area contributed by atoms with E-state index >= 15 is 0 Å². The number of nitrogens with zero attached hydrogens (tertiary/aromatic N) is 5. The standard InChI is InChI=1S/C16H22N6O2/c1-24-16-5-3-14-19-18-13(22(14)20-16)2-4-15(23)17-12-10-21-8-6-11(12)7-9-21/h3,5,11-12H,2,4,6-10H2,1H3,(H,17,23)/t12-/m0/s1. The van der Waals surface area contributed by atoms with Crippen molar-refractivity contribution in [2.45, 2.75) is 31.7 Å². The molecule has 1 amide bonds. The molecule has 5 rings (SSSR count). The van der Waals surface area contributed by atoms with Gasteiger partial charge in [-0.05, 0) is 37.9 Å². The van der Waals surface area contributed by atoms with Crippen LogP contribution in [0.15, 0.2) is 12.1 Å². The highest BCUT2D eigenvalue weighted by Crippen LogP contribution is 2.27. The third-order valence-corrected chi connectivity index (χ3v) is 5.09. The Morgan fingerprint density at radius 2 is 2.17 bits per heavy atom. The summed E-state index contributed by atoms with van der Waals surface area (Å²) in [6, 6.07) is 3.84. The Kier molecular flexibility index (Phi) is 4.05. The van der Waals surface area contributed by atoms with Crippen LogP contribution >= 0.6 is 0 Å². The Morgan fingerprint density at radius 3 is 2.88 bits per heavy atom. The molecule has 3 fully saturated rings. The Balaban J connectivity index is 1.37. The molecular weight excluding hydrogens is 308 g/mol. The van der Waals surface area contributed by atoms with Crippen molar-refractivity contribution >= 4 is 11.6 Å². The Labute approximate surface area is 140 Å². The molecule has 0 saturated carbocycles. The smallest absolute Gasteiger partial charge is 0.231 e. The van der Waals surface area contributed by atoms with Crippen molar-refractivity contribution in [3.8, 4) is 5.88 Å². The number of nitrogens with one attached hydrogen (secondary N) is 1. The molecule has 3 aliphatic heterocycles. The number of aryl methyl sites for hydroxylation is 1. The molecule has 0 spiro atoms. The van der Waals surface area contributed by atoms with Crippen LogP contribution in [-0.2, 0) is 11.2 Å². The monoisotopic (exact) mass is 330 g/mol. The van der Waals surface area contributed by atoms with Gasteiger partial charge in [-0.1, -0.05) is 0 Å². The summed E-state index contributed by atoms with van der Waals surface area (Å²) in [5.41, 5.74) is 0.656. The third-order valence-electron chi connectivity index (χ3n) is 5.09. The average molecular weight is 330 g/mol. The van der Waals surface area contributed by atoms with Gasteiger partial charge in [0.1, 0.15) is 0 Å². The minimum atomic E-state index is 0.0772. The number of hydrogen-bond acceptors (Lipinski definition) is 6. The van der Waals surface area contributed by atoms with E-state index in [2.05, 4.69) is 25.5 Å². The van der Waals surface area contributed by atoms with E-state index in [1.165, 1.54) is 25.9 Å². The lowest BCUT2D eigenvalue weighted by molar-refractivity contribution is -0.123. The van der Waals surface area contributed by atoms with Gasteiger partial charge in [-0.2, -0.15) is 4.52 Å². The van der Waals surface area contributed by atoms with Crippen molar-refractivity contribution < 1.29 is 9.53 Å². The highest BCUT2D eigenvalue weighted by Gasteiger charge is 2.34. The SMILES string of the molecule is COc1ccc2nnc(CCC(=O)N[C@H]3CN4CCC3CC4)n2n1. The molecule has 3 saturated heterocycles. The number of hydrogen-bond donors (Lipinski definition) is 1. The summed E-state index contributed by atoms with van der Waals surface area (Å²) in [7, 11) is 1.57. The maximum absolute atomic E-state index is 12.3. The van der Waals surface area contributed by atoms with Crippen molar-refractivity contribution in [3.63, 3.8) is 0 Å². The van der Waals surface area contributed by atoms with E-state index in [9.17, 15) is 4.79 Å². The van der Waals surface area contributed by atoms with Crippen molar-refractivity contribution in [1.29, 1.82) is 0 Å². The number of ether oxygens (including phenoxy) is 1. The molecule has 5 heterocycles. The number of carbonyl (C=O) groups is 1. The summed E-state index contributed by atoms with van der Waals surface area (Å²) >= 11 is 0. The quantitative estimate of drug-likeness (QED) is 0.847. The second kappa shape index (κ2) is 6.35. The van der Waals surface area contributed by atoms with E-state index in [4.69, 9.17) is 4.74 Å². The fraction of sp³-hybridized carbons (Fsp3) is 0.625. The summed E-state index contributed by atoms with van der Waals surface area (Å²) < 4.78 is 6.77. The number of rotatable bonds is 5. The van der Waals surface area contributed by atoms with Crippen LogP contribution in [0.1, 0.15) is 25.1 Å². The first-order chi connectivity index (χ1) is 11.7. The van der Waals surface area contributed by atoms with E-state index in [0.717, 1.165) is 6.54 Å². The third kappa shape index (κ3) is 2.93. The second-order valence-corrected chi connectivity index (χ2v) is 6.57. The molecule has 2 aromatic rings. The fourth-order valence-electron chi connectivity index (χ4n) is 3.71. The second-order valence-electron chi connectivity index (χ2n) is 6.57. The molecule has 8 nitrogen and oxygen atoms in total. The van der Waals surface area contributed by atoms with Gasteiger partial charge in [-0.3, -0.25) is 4.79 Å². The number of piperidine rings is 3. The van der Waals surface area contributed by atoms with Gasteiger partial charge in [0.2, 0.25) is 11.8 Å². The molecule has 0 radical (unpaired) electrons. The minimum absolute atomic E-state index is 0.0772. The molecule has 1 atom stereocenters. The van der Waals surface area contributed by atoms with Gasteiger partial charge in [0, 0.05) is 31.5 Å². The number of carbonyl (C=O) groups excluding carboxylic acids is 1. The molecule has 24 heavy (non-hydrogen) atoms. The zero-order valence-electron chi connectivity index (χ0n) is 13.8. The van der Waals surface area contributed by atoms with Gasteiger partial charge in [0.25, 0.3) is 0 Å². The lowest BCUT2D eigenvalue weighted by atomic mass is 9.84.